The van der Waals surface area contributed by atoms with Gasteiger partial charge in [0.15, 0.2) is 5.78 Å². The number of carbonyl (C=O) groups is 1. The molecule has 0 aliphatic carbocycles. The van der Waals surface area contributed by atoms with Crippen LogP contribution in [0.25, 0.3) is 11.5 Å². The van der Waals surface area contributed by atoms with Gasteiger partial charge < -0.3 is 4.42 Å². The van der Waals surface area contributed by atoms with Gasteiger partial charge in [-0.05, 0) is 39.8 Å². The summed E-state index contributed by atoms with van der Waals surface area (Å²) in [6, 6.07) is 13.7. The van der Waals surface area contributed by atoms with Crippen molar-refractivity contribution in [2.24, 2.45) is 0 Å². The van der Waals surface area contributed by atoms with Crippen LogP contribution in [-0.2, 0) is 0 Å². The van der Waals surface area contributed by atoms with Gasteiger partial charge in [-0.2, -0.15) is 0 Å². The fraction of sp³-hybridized carbons (Fsp3) is 0.250. The van der Waals surface area contributed by atoms with Crippen LogP contribution in [0.2, 0.25) is 0 Å². The Labute approximate surface area is 151 Å². The summed E-state index contributed by atoms with van der Waals surface area (Å²) in [4.78, 5) is 12.5. The van der Waals surface area contributed by atoms with Crippen LogP contribution in [0.4, 0.5) is 0 Å². The number of ketones is 1. The predicted octanol–water partition coefficient (Wildman–Crippen LogP) is 5.03. The van der Waals surface area contributed by atoms with Crippen molar-refractivity contribution in [1.82, 2.24) is 10.2 Å². The predicted molar refractivity (Wildman–Crippen MR) is 100 cm³/mol. The van der Waals surface area contributed by atoms with E-state index in [1.807, 2.05) is 64.1 Å². The van der Waals surface area contributed by atoms with E-state index in [0.29, 0.717) is 16.7 Å². The molecule has 0 unspecified atom stereocenters. The number of aryl methyl sites for hydroxylation is 3. The summed E-state index contributed by atoms with van der Waals surface area (Å²) in [5.74, 6) is 0.528. The number of aromatic nitrogens is 2. The fourth-order valence-corrected chi connectivity index (χ4v) is 3.39. The van der Waals surface area contributed by atoms with Gasteiger partial charge in [0.05, 0.1) is 5.25 Å². The van der Waals surface area contributed by atoms with Crippen LogP contribution in [0.5, 0.6) is 0 Å². The number of Topliss-reactive ketones (excluding diaryl/α,β-unsaturated/α-hetero) is 1. The molecule has 1 aromatic heterocycles. The smallest absolute Gasteiger partial charge is 0.277 e. The second-order valence-corrected chi connectivity index (χ2v) is 7.53. The van der Waals surface area contributed by atoms with Crippen molar-refractivity contribution in [3.8, 4) is 11.5 Å². The molecule has 0 bridgehead atoms. The lowest BCUT2D eigenvalue weighted by Gasteiger charge is -2.07. The highest BCUT2D eigenvalue weighted by Gasteiger charge is 2.20. The van der Waals surface area contributed by atoms with Gasteiger partial charge >= 0.3 is 0 Å². The normalized spacial score (nSPS) is 12.2. The summed E-state index contributed by atoms with van der Waals surface area (Å²) in [6.45, 7) is 7.92. The van der Waals surface area contributed by atoms with Gasteiger partial charge in [-0.3, -0.25) is 4.79 Å². The molecular formula is C20H20N2O2S. The lowest BCUT2D eigenvalue weighted by molar-refractivity contribution is 0.0993. The molecule has 0 radical (unpaired) electrons. The highest BCUT2D eigenvalue weighted by molar-refractivity contribution is 8.00. The first-order chi connectivity index (χ1) is 11.9. The Balaban J connectivity index is 1.74. The first kappa shape index (κ1) is 17.4. The molecule has 5 heteroatoms. The Morgan fingerprint density at radius 2 is 1.60 bits per heavy atom. The van der Waals surface area contributed by atoms with Crippen LogP contribution in [-0.4, -0.2) is 21.2 Å². The fourth-order valence-electron chi connectivity index (χ4n) is 2.63. The first-order valence-corrected chi connectivity index (χ1v) is 9.00. The second-order valence-electron chi connectivity index (χ2n) is 6.24. The summed E-state index contributed by atoms with van der Waals surface area (Å²) in [5.41, 5.74) is 5.01. The number of hydrogen-bond acceptors (Lipinski definition) is 5. The van der Waals surface area contributed by atoms with E-state index in [1.165, 1.54) is 11.8 Å². The molecule has 0 aliphatic rings. The van der Waals surface area contributed by atoms with Gasteiger partial charge in [-0.1, -0.05) is 58.8 Å². The number of benzene rings is 2. The zero-order chi connectivity index (χ0) is 18.0. The van der Waals surface area contributed by atoms with Crippen LogP contribution >= 0.6 is 11.8 Å². The molecule has 128 valence electrons. The van der Waals surface area contributed by atoms with Gasteiger partial charge in [0.2, 0.25) is 5.89 Å². The topological polar surface area (TPSA) is 56.0 Å². The van der Waals surface area contributed by atoms with E-state index in [2.05, 4.69) is 16.3 Å². The Bertz CT molecular complexity index is 880. The average Bonchev–Trinajstić information content (AvgIpc) is 3.02. The number of carbonyl (C=O) groups excluding carboxylic acids is 1. The van der Waals surface area contributed by atoms with Crippen molar-refractivity contribution >= 4 is 17.5 Å². The van der Waals surface area contributed by atoms with E-state index in [-0.39, 0.29) is 11.0 Å². The Morgan fingerprint density at radius 3 is 2.24 bits per heavy atom. The molecule has 0 aliphatic heterocycles. The molecule has 0 amide bonds. The molecular weight excluding hydrogens is 332 g/mol. The highest BCUT2D eigenvalue weighted by atomic mass is 32.2. The van der Waals surface area contributed by atoms with Crippen LogP contribution in [0.1, 0.15) is 34.0 Å². The molecule has 3 aromatic rings. The zero-order valence-electron chi connectivity index (χ0n) is 14.7. The van der Waals surface area contributed by atoms with Gasteiger partial charge in [0, 0.05) is 11.1 Å². The Kier molecular flexibility index (Phi) is 5.04. The van der Waals surface area contributed by atoms with Crippen LogP contribution < -0.4 is 0 Å². The van der Waals surface area contributed by atoms with Gasteiger partial charge in [0.1, 0.15) is 0 Å². The number of rotatable bonds is 5. The molecule has 1 heterocycles. The molecule has 3 rings (SSSR count). The van der Waals surface area contributed by atoms with Crippen molar-refractivity contribution in [3.05, 3.63) is 64.7 Å². The average molecular weight is 352 g/mol. The standard InChI is InChI=1S/C20H20N2O2S/c1-12-5-7-16(8-6-12)18(23)15(4)25-20-22-21-19(24-20)17-10-13(2)9-14(3)11-17/h5-11,15H,1-4H3/t15-/m0/s1. The minimum atomic E-state index is -0.296. The summed E-state index contributed by atoms with van der Waals surface area (Å²) in [5, 5.41) is 8.30. The lowest BCUT2D eigenvalue weighted by Crippen LogP contribution is -2.13. The monoisotopic (exact) mass is 352 g/mol. The van der Waals surface area contributed by atoms with E-state index >= 15 is 0 Å². The van der Waals surface area contributed by atoms with Crippen LogP contribution in [0, 0.1) is 20.8 Å². The third-order valence-electron chi connectivity index (χ3n) is 3.86. The van der Waals surface area contributed by atoms with Crippen LogP contribution in [0.15, 0.2) is 52.1 Å². The van der Waals surface area contributed by atoms with E-state index < -0.39 is 0 Å². The highest BCUT2D eigenvalue weighted by Crippen LogP contribution is 2.28. The molecule has 4 nitrogen and oxygen atoms in total. The molecule has 0 saturated carbocycles. The van der Waals surface area contributed by atoms with E-state index in [1.54, 1.807) is 0 Å². The van der Waals surface area contributed by atoms with Crippen molar-refractivity contribution in [2.75, 3.05) is 0 Å². The maximum atomic E-state index is 12.5. The molecule has 0 fully saturated rings. The summed E-state index contributed by atoms with van der Waals surface area (Å²) in [7, 11) is 0. The lowest BCUT2D eigenvalue weighted by atomic mass is 10.1. The number of thioether (sulfide) groups is 1. The van der Waals surface area contributed by atoms with Crippen molar-refractivity contribution in [2.45, 2.75) is 38.2 Å². The Hall–Kier alpha value is -2.40. The van der Waals surface area contributed by atoms with Crippen molar-refractivity contribution in [1.29, 1.82) is 0 Å². The van der Waals surface area contributed by atoms with Crippen molar-refractivity contribution in [3.63, 3.8) is 0 Å². The first-order valence-electron chi connectivity index (χ1n) is 8.12. The largest absolute Gasteiger partial charge is 0.411 e. The van der Waals surface area contributed by atoms with Crippen LogP contribution in [0.3, 0.4) is 0 Å². The Morgan fingerprint density at radius 1 is 0.960 bits per heavy atom. The summed E-state index contributed by atoms with van der Waals surface area (Å²) in [6.07, 6.45) is 0. The number of hydrogen-bond donors (Lipinski definition) is 0. The number of nitrogens with zero attached hydrogens (tertiary/aromatic N) is 2. The van der Waals surface area contributed by atoms with Gasteiger partial charge in [0.25, 0.3) is 5.22 Å². The molecule has 25 heavy (non-hydrogen) atoms. The molecule has 1 atom stereocenters. The zero-order valence-corrected chi connectivity index (χ0v) is 15.6. The quantitative estimate of drug-likeness (QED) is 0.476. The van der Waals surface area contributed by atoms with E-state index in [4.69, 9.17) is 4.42 Å². The third-order valence-corrected chi connectivity index (χ3v) is 4.79. The molecule has 0 N–H and O–H groups in total. The maximum Gasteiger partial charge on any atom is 0.277 e. The minimum Gasteiger partial charge on any atom is -0.411 e. The molecule has 0 saturated heterocycles. The van der Waals surface area contributed by atoms with Crippen molar-refractivity contribution < 1.29 is 9.21 Å². The molecule has 2 aromatic carbocycles. The SMILES string of the molecule is Cc1ccc(C(=O)[C@H](C)Sc2nnc(-c3cc(C)cc(C)c3)o2)cc1. The van der Waals surface area contributed by atoms with E-state index in [9.17, 15) is 4.79 Å². The van der Waals surface area contributed by atoms with E-state index in [0.717, 1.165) is 22.3 Å². The maximum absolute atomic E-state index is 12.5. The van der Waals surface area contributed by atoms with Gasteiger partial charge in [-0.15, -0.1) is 10.2 Å². The molecule has 0 spiro atoms. The second kappa shape index (κ2) is 7.23. The summed E-state index contributed by atoms with van der Waals surface area (Å²) >= 11 is 1.28. The summed E-state index contributed by atoms with van der Waals surface area (Å²) < 4.78 is 5.74. The minimum absolute atomic E-state index is 0.0520. The van der Waals surface area contributed by atoms with Gasteiger partial charge in [-0.25, -0.2) is 0 Å². The third kappa shape index (κ3) is 4.17.